The maximum Gasteiger partial charge on any atom is 0.156 e. The molecule has 1 N–H and O–H groups in total. The van der Waals surface area contributed by atoms with Crippen molar-refractivity contribution in [2.75, 3.05) is 12.3 Å². The summed E-state index contributed by atoms with van der Waals surface area (Å²) in [5, 5.41) is 3.42. The number of hydrogen-bond acceptors (Lipinski definition) is 3. The van der Waals surface area contributed by atoms with Gasteiger partial charge >= 0.3 is 0 Å². The molecule has 4 heteroatoms. The van der Waals surface area contributed by atoms with Crippen molar-refractivity contribution >= 4 is 9.84 Å². The van der Waals surface area contributed by atoms with Gasteiger partial charge in [0, 0.05) is 12.6 Å². The monoisotopic (exact) mass is 275 g/mol. The average Bonchev–Trinajstić information content (AvgIpc) is 2.21. The Hall–Kier alpha value is -0.0900. The highest BCUT2D eigenvalue weighted by molar-refractivity contribution is 7.92. The molecule has 0 aliphatic heterocycles. The molecular formula is C14H29NO2S. The van der Waals surface area contributed by atoms with E-state index >= 15 is 0 Å². The molecule has 0 radical (unpaired) electrons. The fraction of sp³-hybridized carbons (Fsp3) is 1.00. The standard InChI is InChI=1S/C14H29NO2S/c1-11-6-7-13(10-12(11)2)15-8-9-18(16,17)14(3,4)5/h11-13,15H,6-10H2,1-5H3/t11-,12+,13-/m1/s1. The molecule has 18 heavy (non-hydrogen) atoms. The van der Waals surface area contributed by atoms with Crippen molar-refractivity contribution < 1.29 is 8.42 Å². The molecule has 3 nitrogen and oxygen atoms in total. The minimum absolute atomic E-state index is 0.247. The van der Waals surface area contributed by atoms with E-state index in [4.69, 9.17) is 0 Å². The molecule has 0 aromatic rings. The van der Waals surface area contributed by atoms with E-state index in [9.17, 15) is 8.42 Å². The summed E-state index contributed by atoms with van der Waals surface area (Å²) in [5.41, 5.74) is 0. The molecule has 0 bridgehead atoms. The van der Waals surface area contributed by atoms with Gasteiger partial charge in [-0.05, 0) is 51.9 Å². The first-order valence-corrected chi connectivity index (χ1v) is 8.74. The summed E-state index contributed by atoms with van der Waals surface area (Å²) in [6, 6.07) is 0.506. The van der Waals surface area contributed by atoms with Crippen LogP contribution in [-0.4, -0.2) is 31.5 Å². The SMILES string of the molecule is C[C@@H]1CC[C@@H](NCCS(=O)(=O)C(C)(C)C)C[C@@H]1C. The Balaban J connectivity index is 2.35. The minimum atomic E-state index is -2.99. The molecule has 0 saturated heterocycles. The van der Waals surface area contributed by atoms with Gasteiger partial charge in [0.15, 0.2) is 9.84 Å². The second kappa shape index (κ2) is 5.91. The van der Waals surface area contributed by atoms with Crippen molar-refractivity contribution in [3.05, 3.63) is 0 Å². The third-order valence-corrected chi connectivity index (χ3v) is 6.94. The van der Waals surface area contributed by atoms with Crippen LogP contribution in [0.4, 0.5) is 0 Å². The highest BCUT2D eigenvalue weighted by Gasteiger charge is 2.29. The smallest absolute Gasteiger partial charge is 0.156 e. The Labute approximate surface area is 113 Å². The van der Waals surface area contributed by atoms with Gasteiger partial charge in [-0.3, -0.25) is 0 Å². The first-order chi connectivity index (χ1) is 8.13. The summed E-state index contributed by atoms with van der Waals surface area (Å²) in [6.07, 6.45) is 3.61. The van der Waals surface area contributed by atoms with Gasteiger partial charge in [-0.2, -0.15) is 0 Å². The molecule has 0 aromatic carbocycles. The zero-order valence-corrected chi connectivity index (χ0v) is 13.3. The van der Waals surface area contributed by atoms with Crippen LogP contribution in [0, 0.1) is 11.8 Å². The summed E-state index contributed by atoms with van der Waals surface area (Å²) in [7, 11) is -2.99. The topological polar surface area (TPSA) is 46.2 Å². The zero-order chi connectivity index (χ0) is 14.0. The summed E-state index contributed by atoms with van der Waals surface area (Å²) in [5.74, 6) is 1.80. The van der Waals surface area contributed by atoms with Crippen molar-refractivity contribution in [3.63, 3.8) is 0 Å². The fourth-order valence-electron chi connectivity index (χ4n) is 2.44. The van der Waals surface area contributed by atoms with Crippen LogP contribution in [0.2, 0.25) is 0 Å². The maximum atomic E-state index is 12.0. The third kappa shape index (κ3) is 4.23. The van der Waals surface area contributed by atoms with Crippen LogP contribution in [0.25, 0.3) is 0 Å². The van der Waals surface area contributed by atoms with Gasteiger partial charge in [0.25, 0.3) is 0 Å². The van der Waals surface area contributed by atoms with Crippen molar-refractivity contribution in [1.82, 2.24) is 5.32 Å². The van der Waals surface area contributed by atoms with Crippen molar-refractivity contribution in [3.8, 4) is 0 Å². The van der Waals surface area contributed by atoms with E-state index in [0.29, 0.717) is 12.6 Å². The van der Waals surface area contributed by atoms with E-state index in [1.54, 1.807) is 20.8 Å². The number of nitrogens with one attached hydrogen (secondary N) is 1. The molecule has 0 aromatic heterocycles. The first-order valence-electron chi connectivity index (χ1n) is 7.09. The lowest BCUT2D eigenvalue weighted by Gasteiger charge is -2.32. The van der Waals surface area contributed by atoms with Gasteiger partial charge in [-0.15, -0.1) is 0 Å². The first kappa shape index (κ1) is 16.0. The van der Waals surface area contributed by atoms with Crippen LogP contribution in [-0.2, 0) is 9.84 Å². The molecule has 1 saturated carbocycles. The predicted octanol–water partition coefficient (Wildman–Crippen LogP) is 2.61. The largest absolute Gasteiger partial charge is 0.313 e. The minimum Gasteiger partial charge on any atom is -0.313 e. The van der Waals surface area contributed by atoms with Crippen LogP contribution in [0.3, 0.4) is 0 Å². The Morgan fingerprint density at radius 3 is 2.22 bits per heavy atom. The summed E-state index contributed by atoms with van der Waals surface area (Å²) >= 11 is 0. The highest BCUT2D eigenvalue weighted by Crippen LogP contribution is 2.29. The second-order valence-corrected chi connectivity index (χ2v) is 9.71. The second-order valence-electron chi connectivity index (χ2n) is 6.85. The van der Waals surface area contributed by atoms with E-state index in [2.05, 4.69) is 19.2 Å². The molecule has 0 heterocycles. The molecule has 0 amide bonds. The lowest BCUT2D eigenvalue weighted by atomic mass is 9.79. The van der Waals surface area contributed by atoms with Gasteiger partial charge in [-0.25, -0.2) is 8.42 Å². The molecule has 3 atom stereocenters. The van der Waals surface area contributed by atoms with Gasteiger partial charge in [0.2, 0.25) is 0 Å². The number of rotatable bonds is 4. The number of hydrogen-bond donors (Lipinski definition) is 1. The van der Waals surface area contributed by atoms with E-state index in [1.807, 2.05) is 0 Å². The van der Waals surface area contributed by atoms with Crippen molar-refractivity contribution in [2.24, 2.45) is 11.8 Å². The Morgan fingerprint density at radius 1 is 1.11 bits per heavy atom. The average molecular weight is 275 g/mol. The van der Waals surface area contributed by atoms with Crippen LogP contribution >= 0.6 is 0 Å². The Kier molecular flexibility index (Phi) is 5.24. The summed E-state index contributed by atoms with van der Waals surface area (Å²) in [4.78, 5) is 0. The van der Waals surface area contributed by atoms with Crippen molar-refractivity contribution in [1.29, 1.82) is 0 Å². The maximum absolute atomic E-state index is 12.0. The summed E-state index contributed by atoms with van der Waals surface area (Å²) < 4.78 is 23.3. The predicted molar refractivity (Wildman–Crippen MR) is 77.5 cm³/mol. The van der Waals surface area contributed by atoms with Gasteiger partial charge in [0.1, 0.15) is 0 Å². The molecular weight excluding hydrogens is 246 g/mol. The molecule has 108 valence electrons. The molecule has 1 aliphatic carbocycles. The van der Waals surface area contributed by atoms with Crippen LogP contribution < -0.4 is 5.32 Å². The van der Waals surface area contributed by atoms with E-state index in [-0.39, 0.29) is 5.75 Å². The van der Waals surface area contributed by atoms with E-state index in [0.717, 1.165) is 11.8 Å². The molecule has 1 rings (SSSR count). The lowest BCUT2D eigenvalue weighted by Crippen LogP contribution is -2.40. The van der Waals surface area contributed by atoms with Crippen LogP contribution in [0.15, 0.2) is 0 Å². The van der Waals surface area contributed by atoms with Crippen LogP contribution in [0.1, 0.15) is 53.9 Å². The number of sulfone groups is 1. The third-order valence-electron chi connectivity index (χ3n) is 4.33. The fourth-order valence-corrected chi connectivity index (χ4v) is 3.44. The van der Waals surface area contributed by atoms with Gasteiger partial charge in [0.05, 0.1) is 10.5 Å². The summed E-state index contributed by atoms with van der Waals surface area (Å²) in [6.45, 7) is 10.5. The molecule has 0 unspecified atom stereocenters. The van der Waals surface area contributed by atoms with E-state index < -0.39 is 14.6 Å². The molecule has 0 spiro atoms. The van der Waals surface area contributed by atoms with Crippen molar-refractivity contribution in [2.45, 2.75) is 64.7 Å². The van der Waals surface area contributed by atoms with Crippen LogP contribution in [0.5, 0.6) is 0 Å². The van der Waals surface area contributed by atoms with Gasteiger partial charge < -0.3 is 5.32 Å². The normalized spacial score (nSPS) is 30.4. The Morgan fingerprint density at radius 2 is 1.72 bits per heavy atom. The Bertz CT molecular complexity index is 356. The van der Waals surface area contributed by atoms with E-state index in [1.165, 1.54) is 19.3 Å². The highest BCUT2D eigenvalue weighted by atomic mass is 32.2. The quantitative estimate of drug-likeness (QED) is 0.858. The zero-order valence-electron chi connectivity index (χ0n) is 12.5. The molecule has 1 aliphatic rings. The molecule has 1 fully saturated rings. The lowest BCUT2D eigenvalue weighted by molar-refractivity contribution is 0.228. The van der Waals surface area contributed by atoms with Gasteiger partial charge in [-0.1, -0.05) is 13.8 Å².